The Bertz CT molecular complexity index is 563. The molecule has 20 heavy (non-hydrogen) atoms. The van der Waals surface area contributed by atoms with Gasteiger partial charge >= 0.3 is 6.18 Å². The van der Waals surface area contributed by atoms with Crippen LogP contribution in [0.5, 0.6) is 5.75 Å². The molecule has 2 rings (SSSR count). The first-order valence-corrected chi connectivity index (χ1v) is 6.27. The van der Waals surface area contributed by atoms with E-state index in [-0.39, 0.29) is 6.61 Å². The number of aromatic nitrogens is 1. The largest absolute Gasteiger partial charge is 0.496 e. The van der Waals surface area contributed by atoms with Crippen LogP contribution in [0.1, 0.15) is 6.42 Å². The number of aryl methyl sites for hydroxylation is 1. The van der Waals surface area contributed by atoms with Gasteiger partial charge in [0.15, 0.2) is 0 Å². The van der Waals surface area contributed by atoms with Crippen molar-refractivity contribution in [3.05, 3.63) is 30.5 Å². The maximum Gasteiger partial charge on any atom is 0.411 e. The van der Waals surface area contributed by atoms with Crippen molar-refractivity contribution < 1.29 is 22.6 Å². The third-order valence-electron chi connectivity index (χ3n) is 2.95. The molecule has 3 nitrogen and oxygen atoms in total. The van der Waals surface area contributed by atoms with E-state index in [0.29, 0.717) is 13.0 Å². The van der Waals surface area contributed by atoms with Gasteiger partial charge in [-0.25, -0.2) is 0 Å². The Morgan fingerprint density at radius 3 is 2.70 bits per heavy atom. The third kappa shape index (κ3) is 3.66. The lowest BCUT2D eigenvalue weighted by Crippen LogP contribution is -2.17. The maximum absolute atomic E-state index is 11.9. The fourth-order valence-corrected chi connectivity index (χ4v) is 2.09. The molecule has 0 saturated carbocycles. The SMILES string of the molecule is COc1cccc2c1ccn2CCCOCC(F)(F)F. The highest BCUT2D eigenvalue weighted by molar-refractivity contribution is 5.86. The van der Waals surface area contributed by atoms with Crippen LogP contribution in [0.3, 0.4) is 0 Å². The average molecular weight is 287 g/mol. The first-order valence-electron chi connectivity index (χ1n) is 6.27. The smallest absolute Gasteiger partial charge is 0.411 e. The third-order valence-corrected chi connectivity index (χ3v) is 2.95. The monoisotopic (exact) mass is 287 g/mol. The zero-order valence-corrected chi connectivity index (χ0v) is 11.1. The van der Waals surface area contributed by atoms with Gasteiger partial charge in [-0.1, -0.05) is 6.07 Å². The zero-order chi connectivity index (χ0) is 14.6. The van der Waals surface area contributed by atoms with Gasteiger partial charge in [0.1, 0.15) is 12.4 Å². The molecule has 0 spiro atoms. The summed E-state index contributed by atoms with van der Waals surface area (Å²) in [7, 11) is 1.61. The lowest BCUT2D eigenvalue weighted by Gasteiger charge is -2.09. The van der Waals surface area contributed by atoms with Crippen molar-refractivity contribution in [1.29, 1.82) is 0 Å². The predicted molar refractivity (Wildman–Crippen MR) is 70.0 cm³/mol. The van der Waals surface area contributed by atoms with Gasteiger partial charge < -0.3 is 14.0 Å². The summed E-state index contributed by atoms with van der Waals surface area (Å²) in [6.45, 7) is -0.495. The van der Waals surface area contributed by atoms with Crippen LogP contribution in [0.25, 0.3) is 10.9 Å². The Hall–Kier alpha value is -1.69. The van der Waals surface area contributed by atoms with Crippen molar-refractivity contribution >= 4 is 10.9 Å². The van der Waals surface area contributed by atoms with E-state index < -0.39 is 12.8 Å². The van der Waals surface area contributed by atoms with Crippen LogP contribution in [0.4, 0.5) is 13.2 Å². The normalized spacial score (nSPS) is 12.0. The molecule has 110 valence electrons. The van der Waals surface area contributed by atoms with Gasteiger partial charge in [-0.15, -0.1) is 0 Å². The molecule has 0 aliphatic carbocycles. The van der Waals surface area contributed by atoms with Crippen molar-refractivity contribution in [2.45, 2.75) is 19.1 Å². The Labute approximate surface area is 114 Å². The van der Waals surface area contributed by atoms with Gasteiger partial charge in [-0.3, -0.25) is 0 Å². The van der Waals surface area contributed by atoms with Crippen molar-refractivity contribution in [3.8, 4) is 5.75 Å². The Morgan fingerprint density at radius 1 is 1.20 bits per heavy atom. The van der Waals surface area contributed by atoms with E-state index in [1.807, 2.05) is 35.0 Å². The number of hydrogen-bond donors (Lipinski definition) is 0. The summed E-state index contributed by atoms with van der Waals surface area (Å²) >= 11 is 0. The van der Waals surface area contributed by atoms with E-state index in [4.69, 9.17) is 4.74 Å². The van der Waals surface area contributed by atoms with Crippen molar-refractivity contribution in [2.75, 3.05) is 20.3 Å². The van der Waals surface area contributed by atoms with Gasteiger partial charge in [0.05, 0.1) is 12.6 Å². The summed E-state index contributed by atoms with van der Waals surface area (Å²) in [5, 5.41) is 0.992. The molecular formula is C14H16F3NO2. The molecule has 0 atom stereocenters. The lowest BCUT2D eigenvalue weighted by molar-refractivity contribution is -0.174. The van der Waals surface area contributed by atoms with Crippen LogP contribution in [0.2, 0.25) is 0 Å². The summed E-state index contributed by atoms with van der Waals surface area (Å²) in [6.07, 6.45) is -1.83. The Balaban J connectivity index is 1.91. The van der Waals surface area contributed by atoms with Crippen LogP contribution in [0, 0.1) is 0 Å². The van der Waals surface area contributed by atoms with Crippen LogP contribution in [-0.4, -0.2) is 31.1 Å². The molecule has 0 bridgehead atoms. The fraction of sp³-hybridized carbons (Fsp3) is 0.429. The Morgan fingerprint density at radius 2 is 2.00 bits per heavy atom. The molecule has 1 heterocycles. The number of nitrogens with zero attached hydrogens (tertiary/aromatic N) is 1. The second-order valence-corrected chi connectivity index (χ2v) is 4.42. The van der Waals surface area contributed by atoms with Gasteiger partial charge in [0.2, 0.25) is 0 Å². The number of fused-ring (bicyclic) bond motifs is 1. The number of ether oxygens (including phenoxy) is 2. The summed E-state index contributed by atoms with van der Waals surface area (Å²) in [6, 6.07) is 7.65. The van der Waals surface area contributed by atoms with Crippen LogP contribution in [0.15, 0.2) is 30.5 Å². The molecule has 0 N–H and O–H groups in total. The van der Waals surface area contributed by atoms with Gasteiger partial charge in [-0.2, -0.15) is 13.2 Å². The van der Waals surface area contributed by atoms with E-state index in [2.05, 4.69) is 4.74 Å². The minimum Gasteiger partial charge on any atom is -0.496 e. The standard InChI is InChI=1S/C14H16F3NO2/c1-19-13-5-2-4-12-11(13)6-8-18(12)7-3-9-20-10-14(15,16)17/h2,4-6,8H,3,7,9-10H2,1H3. The van der Waals surface area contributed by atoms with Crippen molar-refractivity contribution in [2.24, 2.45) is 0 Å². The number of halogens is 3. The van der Waals surface area contributed by atoms with E-state index in [0.717, 1.165) is 16.7 Å². The molecule has 0 aliphatic heterocycles. The van der Waals surface area contributed by atoms with Gasteiger partial charge in [-0.05, 0) is 24.6 Å². The molecule has 0 fully saturated rings. The van der Waals surface area contributed by atoms with Gasteiger partial charge in [0, 0.05) is 24.7 Å². The topological polar surface area (TPSA) is 23.4 Å². The van der Waals surface area contributed by atoms with Crippen LogP contribution >= 0.6 is 0 Å². The number of benzene rings is 1. The average Bonchev–Trinajstić information content (AvgIpc) is 2.80. The second-order valence-electron chi connectivity index (χ2n) is 4.42. The van der Waals surface area contributed by atoms with E-state index in [1.165, 1.54) is 0 Å². The molecular weight excluding hydrogens is 271 g/mol. The number of methoxy groups -OCH3 is 1. The molecule has 0 amide bonds. The number of alkyl halides is 3. The molecule has 1 aromatic heterocycles. The van der Waals surface area contributed by atoms with E-state index in [9.17, 15) is 13.2 Å². The summed E-state index contributed by atoms with van der Waals surface area (Å²) in [5.41, 5.74) is 1.00. The fourth-order valence-electron chi connectivity index (χ4n) is 2.09. The molecule has 6 heteroatoms. The van der Waals surface area contributed by atoms with Gasteiger partial charge in [0.25, 0.3) is 0 Å². The molecule has 2 aromatic rings. The summed E-state index contributed by atoms with van der Waals surface area (Å²) in [4.78, 5) is 0. The summed E-state index contributed by atoms with van der Waals surface area (Å²) in [5.74, 6) is 0.787. The zero-order valence-electron chi connectivity index (χ0n) is 11.1. The summed E-state index contributed by atoms with van der Waals surface area (Å²) < 4.78 is 47.5. The molecule has 1 aromatic carbocycles. The minimum atomic E-state index is -4.26. The number of hydrogen-bond acceptors (Lipinski definition) is 2. The lowest BCUT2D eigenvalue weighted by atomic mass is 10.2. The highest BCUT2D eigenvalue weighted by atomic mass is 19.4. The Kier molecular flexibility index (Phi) is 4.54. The first-order chi connectivity index (χ1) is 9.51. The van der Waals surface area contributed by atoms with Crippen LogP contribution < -0.4 is 4.74 Å². The molecule has 0 unspecified atom stereocenters. The van der Waals surface area contributed by atoms with Crippen molar-refractivity contribution in [3.63, 3.8) is 0 Å². The molecule has 0 radical (unpaired) electrons. The quantitative estimate of drug-likeness (QED) is 0.758. The first kappa shape index (κ1) is 14.7. The van der Waals surface area contributed by atoms with E-state index in [1.54, 1.807) is 7.11 Å². The minimum absolute atomic E-state index is 0.0865. The van der Waals surface area contributed by atoms with Crippen LogP contribution in [-0.2, 0) is 11.3 Å². The second kappa shape index (κ2) is 6.17. The highest BCUT2D eigenvalue weighted by Gasteiger charge is 2.27. The number of rotatable bonds is 6. The predicted octanol–water partition coefficient (Wildman–Crippen LogP) is 3.62. The van der Waals surface area contributed by atoms with Crippen molar-refractivity contribution in [1.82, 2.24) is 4.57 Å². The molecule has 0 saturated heterocycles. The van der Waals surface area contributed by atoms with E-state index >= 15 is 0 Å². The highest BCUT2D eigenvalue weighted by Crippen LogP contribution is 2.26. The molecule has 0 aliphatic rings. The maximum atomic E-state index is 11.9.